The molecule has 33 heavy (non-hydrogen) atoms. The maximum Gasteiger partial charge on any atom is 0.273 e. The van der Waals surface area contributed by atoms with Crippen LogP contribution in [0.25, 0.3) is 0 Å². The van der Waals surface area contributed by atoms with Crippen LogP contribution in [0.15, 0.2) is 59.3 Å². The molecule has 7 nitrogen and oxygen atoms in total. The van der Waals surface area contributed by atoms with Crippen LogP contribution in [0.2, 0.25) is 0 Å². The first kappa shape index (κ1) is 23.1. The lowest BCUT2D eigenvalue weighted by Gasteiger charge is -2.32. The van der Waals surface area contributed by atoms with E-state index in [1.165, 1.54) is 23.6 Å². The van der Waals surface area contributed by atoms with E-state index in [2.05, 4.69) is 15.0 Å². The van der Waals surface area contributed by atoms with Crippen molar-refractivity contribution >= 4 is 15.9 Å². The minimum Gasteiger partial charge on any atom is -0.364 e. The van der Waals surface area contributed by atoms with Gasteiger partial charge in [0.15, 0.2) is 5.69 Å². The zero-order valence-electron chi connectivity index (χ0n) is 17.9. The number of amides is 1. The van der Waals surface area contributed by atoms with Crippen LogP contribution >= 0.6 is 0 Å². The number of nitrogens with one attached hydrogen (secondary N) is 1. The van der Waals surface area contributed by atoms with Gasteiger partial charge >= 0.3 is 0 Å². The summed E-state index contributed by atoms with van der Waals surface area (Å²) in [6.07, 6.45) is 2.32. The minimum absolute atomic E-state index is 0.0163. The van der Waals surface area contributed by atoms with E-state index in [0.29, 0.717) is 18.4 Å². The highest BCUT2D eigenvalue weighted by Crippen LogP contribution is 2.35. The third-order valence-corrected chi connectivity index (χ3v) is 8.02. The first-order chi connectivity index (χ1) is 15.8. The van der Waals surface area contributed by atoms with Gasteiger partial charge in [-0.25, -0.2) is 17.2 Å². The van der Waals surface area contributed by atoms with E-state index in [-0.39, 0.29) is 29.9 Å². The third kappa shape index (κ3) is 4.81. The molecule has 2 atom stereocenters. The van der Waals surface area contributed by atoms with Crippen LogP contribution in [0.3, 0.4) is 0 Å². The first-order valence-corrected chi connectivity index (χ1v) is 12.0. The Morgan fingerprint density at radius 2 is 1.97 bits per heavy atom. The second-order valence-electron chi connectivity index (χ2n) is 7.97. The van der Waals surface area contributed by atoms with Crippen molar-refractivity contribution in [2.75, 3.05) is 6.54 Å². The van der Waals surface area contributed by atoms with Gasteiger partial charge in [0, 0.05) is 30.3 Å². The number of benzene rings is 2. The quantitative estimate of drug-likeness (QED) is 0.579. The topological polar surface area (TPSA) is 92.5 Å². The Morgan fingerprint density at radius 3 is 2.67 bits per heavy atom. The molecule has 0 radical (unpaired) electrons. The Balaban J connectivity index is 1.53. The highest BCUT2D eigenvalue weighted by molar-refractivity contribution is 7.89. The molecule has 1 N–H and O–H groups in total. The molecule has 10 heteroatoms. The maximum absolute atomic E-state index is 14.9. The highest BCUT2D eigenvalue weighted by atomic mass is 32.2. The molecule has 174 valence electrons. The van der Waals surface area contributed by atoms with E-state index >= 15 is 0 Å². The van der Waals surface area contributed by atoms with Crippen molar-refractivity contribution < 1.29 is 26.5 Å². The van der Waals surface area contributed by atoms with Crippen molar-refractivity contribution in [2.24, 2.45) is 0 Å². The summed E-state index contributed by atoms with van der Waals surface area (Å²) in [6, 6.07) is 11.4. The molecule has 1 amide bonds. The molecule has 3 aromatic rings. The predicted octanol–water partition coefficient (Wildman–Crippen LogP) is 4.11. The first-order valence-electron chi connectivity index (χ1n) is 10.5. The molecule has 4 rings (SSSR count). The SMILES string of the molecule is CC(NC(=O)c1ccon1)c1cc(F)c(CN2CCC[C@H](c3ccccc3)S2(=O)=O)cc1F. The summed E-state index contributed by atoms with van der Waals surface area (Å²) >= 11 is 0. The maximum atomic E-state index is 14.9. The van der Waals surface area contributed by atoms with Gasteiger partial charge in [-0.3, -0.25) is 4.79 Å². The molecule has 2 aromatic carbocycles. The number of carbonyl (C=O) groups excluding carboxylic acids is 1. The Bertz CT molecular complexity index is 1230. The zero-order valence-corrected chi connectivity index (χ0v) is 18.7. The van der Waals surface area contributed by atoms with Crippen LogP contribution in [-0.2, 0) is 16.6 Å². The molecule has 0 aliphatic carbocycles. The third-order valence-electron chi connectivity index (χ3n) is 5.76. The normalized spacial score (nSPS) is 19.2. The molecule has 2 heterocycles. The number of hydrogen-bond acceptors (Lipinski definition) is 5. The van der Waals surface area contributed by atoms with E-state index in [1.807, 2.05) is 6.07 Å². The number of hydrogen-bond donors (Lipinski definition) is 1. The van der Waals surface area contributed by atoms with Gasteiger partial charge in [0.25, 0.3) is 5.91 Å². The van der Waals surface area contributed by atoms with Crippen molar-refractivity contribution in [2.45, 2.75) is 37.6 Å². The standard InChI is InChI=1S/C23H23F2N3O4S/c1-15(26-23(29)21-9-11-32-27-21)18-13-19(24)17(12-20(18)25)14-28-10-5-8-22(33(28,30)31)16-6-3-2-4-7-16/h2-4,6-7,9,11-13,15,22H,5,8,10,14H2,1H3,(H,26,29)/t15?,22-/m1/s1. The summed E-state index contributed by atoms with van der Waals surface area (Å²) in [4.78, 5) is 12.1. The second-order valence-corrected chi connectivity index (χ2v) is 10.1. The predicted molar refractivity (Wildman–Crippen MR) is 116 cm³/mol. The smallest absolute Gasteiger partial charge is 0.273 e. The molecule has 0 bridgehead atoms. The molecule has 1 aromatic heterocycles. The highest BCUT2D eigenvalue weighted by Gasteiger charge is 2.37. The summed E-state index contributed by atoms with van der Waals surface area (Å²) in [7, 11) is -3.74. The molecule has 1 fully saturated rings. The van der Waals surface area contributed by atoms with Gasteiger partial charge in [-0.15, -0.1) is 0 Å². The molecule has 1 saturated heterocycles. The van der Waals surface area contributed by atoms with Crippen molar-refractivity contribution in [1.82, 2.24) is 14.8 Å². The van der Waals surface area contributed by atoms with Gasteiger partial charge in [-0.05, 0) is 37.5 Å². The van der Waals surface area contributed by atoms with E-state index in [0.717, 1.165) is 12.1 Å². The van der Waals surface area contributed by atoms with Crippen molar-refractivity contribution in [3.05, 3.63) is 88.8 Å². The van der Waals surface area contributed by atoms with Crippen LogP contribution in [0.1, 0.15) is 58.2 Å². The Hall–Kier alpha value is -3.11. The van der Waals surface area contributed by atoms with Crippen molar-refractivity contribution in [1.29, 1.82) is 0 Å². The molecular weight excluding hydrogens is 452 g/mol. The Kier molecular flexibility index (Phi) is 6.57. The lowest BCUT2D eigenvalue weighted by molar-refractivity contribution is 0.0930. The van der Waals surface area contributed by atoms with Gasteiger partial charge < -0.3 is 9.84 Å². The molecule has 1 unspecified atom stereocenters. The van der Waals surface area contributed by atoms with Crippen molar-refractivity contribution in [3.8, 4) is 0 Å². The molecular formula is C23H23F2N3O4S. The van der Waals surface area contributed by atoms with E-state index in [4.69, 9.17) is 0 Å². The van der Waals surface area contributed by atoms with Crippen LogP contribution in [0.5, 0.6) is 0 Å². The van der Waals surface area contributed by atoms with Gasteiger partial charge in [0.05, 0.1) is 6.04 Å². The average molecular weight is 476 g/mol. The lowest BCUT2D eigenvalue weighted by Crippen LogP contribution is -2.39. The number of nitrogens with zero attached hydrogens (tertiary/aromatic N) is 2. The molecule has 0 spiro atoms. The Morgan fingerprint density at radius 1 is 1.21 bits per heavy atom. The molecule has 1 aliphatic rings. The number of rotatable bonds is 6. The van der Waals surface area contributed by atoms with Gasteiger partial charge in [0.1, 0.15) is 23.1 Å². The minimum atomic E-state index is -3.74. The number of halogens is 2. The summed E-state index contributed by atoms with van der Waals surface area (Å²) < 4.78 is 61.9. The second kappa shape index (κ2) is 9.40. The van der Waals surface area contributed by atoms with Crippen LogP contribution in [0.4, 0.5) is 8.78 Å². The van der Waals surface area contributed by atoms with E-state index in [9.17, 15) is 22.0 Å². The lowest BCUT2D eigenvalue weighted by atomic mass is 10.0. The largest absolute Gasteiger partial charge is 0.364 e. The zero-order chi connectivity index (χ0) is 23.6. The molecule has 1 aliphatic heterocycles. The average Bonchev–Trinajstić information content (AvgIpc) is 3.33. The van der Waals surface area contributed by atoms with Crippen LogP contribution in [0, 0.1) is 11.6 Å². The fourth-order valence-corrected chi connectivity index (χ4v) is 6.04. The summed E-state index contributed by atoms with van der Waals surface area (Å²) in [5, 5.41) is 5.32. The van der Waals surface area contributed by atoms with Crippen molar-refractivity contribution in [3.63, 3.8) is 0 Å². The summed E-state index contributed by atoms with van der Waals surface area (Å²) in [5.41, 5.74) is 0.573. The van der Waals surface area contributed by atoms with E-state index < -0.39 is 38.9 Å². The van der Waals surface area contributed by atoms with Gasteiger partial charge in [-0.2, -0.15) is 4.31 Å². The number of carbonyl (C=O) groups is 1. The van der Waals surface area contributed by atoms with Crippen LogP contribution < -0.4 is 5.32 Å². The number of sulfonamides is 1. The number of aromatic nitrogens is 1. The van der Waals surface area contributed by atoms with Gasteiger partial charge in [-0.1, -0.05) is 35.5 Å². The van der Waals surface area contributed by atoms with Crippen LogP contribution in [-0.4, -0.2) is 30.3 Å². The fraction of sp³-hybridized carbons (Fsp3) is 0.304. The van der Waals surface area contributed by atoms with Gasteiger partial charge in [0.2, 0.25) is 10.0 Å². The summed E-state index contributed by atoms with van der Waals surface area (Å²) in [6.45, 7) is 1.47. The molecule has 0 saturated carbocycles. The monoisotopic (exact) mass is 475 g/mol. The summed E-state index contributed by atoms with van der Waals surface area (Å²) in [5.74, 6) is -2.08. The van der Waals surface area contributed by atoms with E-state index in [1.54, 1.807) is 24.3 Å². The fourth-order valence-electron chi connectivity index (χ4n) is 4.01. The Labute approximate surface area is 190 Å².